The first-order valence-corrected chi connectivity index (χ1v) is 9.14. The average molecular weight is 297 g/mol. The smallest absolute Gasteiger partial charge is 0.152 e. The molecular weight excluding hydrogens is 274 g/mol. The Morgan fingerprint density at radius 1 is 1.35 bits per heavy atom. The van der Waals surface area contributed by atoms with Gasteiger partial charge in [0.05, 0.1) is 11.9 Å². The van der Waals surface area contributed by atoms with Crippen LogP contribution in [0.5, 0.6) is 5.75 Å². The zero-order valence-electron chi connectivity index (χ0n) is 12.1. The molecular formula is C15H23NO3S. The summed E-state index contributed by atoms with van der Waals surface area (Å²) >= 11 is 0. The molecule has 0 spiro atoms. The SMILES string of the molecule is CCCOc1cccc(NC2CCCC2S(C)(=O)=O)c1. The van der Waals surface area contributed by atoms with E-state index in [0.29, 0.717) is 6.61 Å². The van der Waals surface area contributed by atoms with Crippen LogP contribution < -0.4 is 10.1 Å². The third-order valence-corrected chi connectivity index (χ3v) is 5.33. The summed E-state index contributed by atoms with van der Waals surface area (Å²) in [6.07, 6.45) is 4.91. The standard InChI is InChI=1S/C15H23NO3S/c1-3-10-19-13-7-4-6-12(11-13)16-14-8-5-9-15(14)20(2,17)18/h4,6-7,11,14-16H,3,5,8-10H2,1-2H3. The van der Waals surface area contributed by atoms with E-state index >= 15 is 0 Å². The minimum Gasteiger partial charge on any atom is -0.494 e. The van der Waals surface area contributed by atoms with E-state index in [-0.39, 0.29) is 11.3 Å². The highest BCUT2D eigenvalue weighted by atomic mass is 32.2. The highest BCUT2D eigenvalue weighted by Crippen LogP contribution is 2.29. The zero-order valence-corrected chi connectivity index (χ0v) is 12.9. The van der Waals surface area contributed by atoms with Gasteiger partial charge in [0, 0.05) is 24.1 Å². The molecule has 1 aromatic rings. The fraction of sp³-hybridized carbons (Fsp3) is 0.600. The lowest BCUT2D eigenvalue weighted by molar-refractivity contribution is 0.317. The van der Waals surface area contributed by atoms with Crippen molar-refractivity contribution in [3.05, 3.63) is 24.3 Å². The van der Waals surface area contributed by atoms with E-state index in [0.717, 1.165) is 37.1 Å². The zero-order chi connectivity index (χ0) is 14.6. The molecule has 112 valence electrons. The molecule has 0 saturated heterocycles. The van der Waals surface area contributed by atoms with Crippen molar-refractivity contribution in [2.45, 2.75) is 43.9 Å². The molecule has 0 radical (unpaired) electrons. The summed E-state index contributed by atoms with van der Waals surface area (Å²) in [5.41, 5.74) is 0.930. The van der Waals surface area contributed by atoms with Crippen LogP contribution in [0.2, 0.25) is 0 Å². The van der Waals surface area contributed by atoms with Crippen LogP contribution in [0.1, 0.15) is 32.6 Å². The maximum Gasteiger partial charge on any atom is 0.152 e. The van der Waals surface area contributed by atoms with Gasteiger partial charge in [0.15, 0.2) is 9.84 Å². The summed E-state index contributed by atoms with van der Waals surface area (Å²) in [4.78, 5) is 0. The second-order valence-electron chi connectivity index (χ2n) is 5.43. The summed E-state index contributed by atoms with van der Waals surface area (Å²) in [5.74, 6) is 0.825. The molecule has 2 unspecified atom stereocenters. The van der Waals surface area contributed by atoms with Crippen molar-refractivity contribution in [2.24, 2.45) is 0 Å². The van der Waals surface area contributed by atoms with Crippen molar-refractivity contribution in [2.75, 3.05) is 18.2 Å². The Bertz CT molecular complexity index is 542. The molecule has 20 heavy (non-hydrogen) atoms. The van der Waals surface area contributed by atoms with E-state index in [2.05, 4.69) is 12.2 Å². The van der Waals surface area contributed by atoms with Crippen molar-refractivity contribution < 1.29 is 13.2 Å². The van der Waals surface area contributed by atoms with Gasteiger partial charge in [-0.15, -0.1) is 0 Å². The molecule has 2 atom stereocenters. The van der Waals surface area contributed by atoms with E-state index in [1.807, 2.05) is 24.3 Å². The van der Waals surface area contributed by atoms with Crippen molar-refractivity contribution in [1.82, 2.24) is 0 Å². The number of hydrogen-bond acceptors (Lipinski definition) is 4. The molecule has 0 amide bonds. The second-order valence-corrected chi connectivity index (χ2v) is 7.69. The topological polar surface area (TPSA) is 55.4 Å². The fourth-order valence-corrected chi connectivity index (χ4v) is 4.11. The van der Waals surface area contributed by atoms with E-state index < -0.39 is 9.84 Å². The minimum absolute atomic E-state index is 0.00595. The van der Waals surface area contributed by atoms with Crippen molar-refractivity contribution >= 4 is 15.5 Å². The molecule has 1 aromatic carbocycles. The molecule has 1 saturated carbocycles. The summed E-state index contributed by atoms with van der Waals surface area (Å²) in [7, 11) is -2.99. The minimum atomic E-state index is -2.99. The highest BCUT2D eigenvalue weighted by Gasteiger charge is 2.34. The number of benzene rings is 1. The molecule has 1 aliphatic carbocycles. The van der Waals surface area contributed by atoms with E-state index in [4.69, 9.17) is 4.74 Å². The summed E-state index contributed by atoms with van der Waals surface area (Å²) in [6.45, 7) is 2.76. The molecule has 1 aliphatic rings. The first kappa shape index (κ1) is 15.2. The van der Waals surface area contributed by atoms with Gasteiger partial charge in [-0.2, -0.15) is 0 Å². The molecule has 0 heterocycles. The van der Waals surface area contributed by atoms with E-state index in [1.54, 1.807) is 0 Å². The van der Waals surface area contributed by atoms with Crippen LogP contribution in [0.4, 0.5) is 5.69 Å². The highest BCUT2D eigenvalue weighted by molar-refractivity contribution is 7.91. The van der Waals surface area contributed by atoms with Crippen molar-refractivity contribution in [3.63, 3.8) is 0 Å². The Morgan fingerprint density at radius 2 is 2.15 bits per heavy atom. The molecule has 5 heteroatoms. The largest absolute Gasteiger partial charge is 0.494 e. The molecule has 0 aliphatic heterocycles. The van der Waals surface area contributed by atoms with Crippen molar-refractivity contribution in [1.29, 1.82) is 0 Å². The number of sulfone groups is 1. The Kier molecular flexibility index (Phi) is 4.91. The Balaban J connectivity index is 2.06. The normalized spacial score (nSPS) is 22.7. The van der Waals surface area contributed by atoms with Crippen LogP contribution in [-0.2, 0) is 9.84 Å². The van der Waals surface area contributed by atoms with Crippen LogP contribution in [-0.4, -0.2) is 32.6 Å². The van der Waals surface area contributed by atoms with E-state index in [9.17, 15) is 8.42 Å². The van der Waals surface area contributed by atoms with Crippen LogP contribution in [0.3, 0.4) is 0 Å². The first-order chi connectivity index (χ1) is 9.50. The third-order valence-electron chi connectivity index (χ3n) is 3.66. The Labute approximate surface area is 121 Å². The van der Waals surface area contributed by atoms with Gasteiger partial charge in [-0.05, 0) is 37.8 Å². The first-order valence-electron chi connectivity index (χ1n) is 7.19. The second kappa shape index (κ2) is 6.48. The predicted molar refractivity (Wildman–Crippen MR) is 82.1 cm³/mol. The van der Waals surface area contributed by atoms with Gasteiger partial charge in [-0.3, -0.25) is 0 Å². The predicted octanol–water partition coefficient (Wildman–Crippen LogP) is 2.85. The monoisotopic (exact) mass is 297 g/mol. The number of hydrogen-bond donors (Lipinski definition) is 1. The maximum atomic E-state index is 11.8. The maximum absolute atomic E-state index is 11.8. The van der Waals surface area contributed by atoms with E-state index in [1.165, 1.54) is 6.26 Å². The fourth-order valence-electron chi connectivity index (χ4n) is 2.71. The summed E-state index contributed by atoms with van der Waals surface area (Å²) in [6, 6.07) is 7.75. The van der Waals surface area contributed by atoms with Crippen LogP contribution in [0, 0.1) is 0 Å². The number of nitrogens with one attached hydrogen (secondary N) is 1. The average Bonchev–Trinajstić information content (AvgIpc) is 2.85. The molecule has 1 N–H and O–H groups in total. The van der Waals surface area contributed by atoms with Gasteiger partial charge < -0.3 is 10.1 Å². The number of ether oxygens (including phenoxy) is 1. The molecule has 0 aromatic heterocycles. The van der Waals surface area contributed by atoms with Gasteiger partial charge >= 0.3 is 0 Å². The molecule has 1 fully saturated rings. The van der Waals surface area contributed by atoms with Gasteiger partial charge in [-0.25, -0.2) is 8.42 Å². The van der Waals surface area contributed by atoms with Crippen molar-refractivity contribution in [3.8, 4) is 5.75 Å². The van der Waals surface area contributed by atoms with Crippen LogP contribution in [0.15, 0.2) is 24.3 Å². The molecule has 2 rings (SSSR count). The lowest BCUT2D eigenvalue weighted by atomic mass is 10.2. The van der Waals surface area contributed by atoms with Crippen LogP contribution >= 0.6 is 0 Å². The van der Waals surface area contributed by atoms with Gasteiger partial charge in [0.25, 0.3) is 0 Å². The Morgan fingerprint density at radius 3 is 2.85 bits per heavy atom. The van der Waals surface area contributed by atoms with Gasteiger partial charge in [0.1, 0.15) is 5.75 Å². The van der Waals surface area contributed by atoms with Gasteiger partial charge in [0.2, 0.25) is 0 Å². The Hall–Kier alpha value is -1.23. The molecule has 0 bridgehead atoms. The quantitative estimate of drug-likeness (QED) is 0.877. The molecule has 4 nitrogen and oxygen atoms in total. The lowest BCUT2D eigenvalue weighted by Gasteiger charge is -2.21. The summed E-state index contributed by atoms with van der Waals surface area (Å²) in [5, 5.41) is 3.08. The van der Waals surface area contributed by atoms with Gasteiger partial charge in [-0.1, -0.05) is 13.0 Å². The van der Waals surface area contributed by atoms with Crippen LogP contribution in [0.25, 0.3) is 0 Å². The summed E-state index contributed by atoms with van der Waals surface area (Å²) < 4.78 is 29.2. The number of rotatable bonds is 6. The third kappa shape index (κ3) is 3.88. The lowest BCUT2D eigenvalue weighted by Crippen LogP contribution is -2.34. The number of anilines is 1.